The van der Waals surface area contributed by atoms with Gasteiger partial charge in [-0.25, -0.2) is 4.79 Å². The van der Waals surface area contributed by atoms with Crippen molar-refractivity contribution in [2.45, 2.75) is 67.5 Å². The van der Waals surface area contributed by atoms with Gasteiger partial charge in [-0.15, -0.1) is 0 Å². The van der Waals surface area contributed by atoms with Gasteiger partial charge in [0.15, 0.2) is 0 Å². The number of carbonyl (C=O) groups is 1. The van der Waals surface area contributed by atoms with Crippen LogP contribution in [0.15, 0.2) is 42.6 Å². The first kappa shape index (κ1) is 33.4. The van der Waals surface area contributed by atoms with E-state index in [2.05, 4.69) is 43.1 Å². The van der Waals surface area contributed by atoms with Crippen molar-refractivity contribution >= 4 is 24.1 Å². The van der Waals surface area contributed by atoms with Crippen molar-refractivity contribution in [2.24, 2.45) is 0 Å². The molecule has 0 fully saturated rings. The van der Waals surface area contributed by atoms with Gasteiger partial charge in [0.05, 0.1) is 25.0 Å². The number of ether oxygens (including phenoxy) is 2. The normalized spacial score (nSPS) is 10.0. The number of benzene rings is 2. The van der Waals surface area contributed by atoms with Crippen molar-refractivity contribution in [3.05, 3.63) is 76.1 Å². The highest BCUT2D eigenvalue weighted by Gasteiger charge is 2.27. The van der Waals surface area contributed by atoms with Crippen molar-refractivity contribution in [2.75, 3.05) is 12.0 Å². The van der Waals surface area contributed by atoms with E-state index in [1.807, 2.05) is 53.7 Å². The fraction of sp³-hybridized carbons (Fsp3) is 0.355. The summed E-state index contributed by atoms with van der Waals surface area (Å²) in [6.07, 6.45) is 1.88. The minimum atomic E-state index is -0.626. The number of carbonyl (C=O) groups excluding carboxylic acids is 5. The van der Waals surface area contributed by atoms with Crippen LogP contribution in [0, 0.1) is 34.6 Å². The molecule has 0 radical (unpaired) electrons. The van der Waals surface area contributed by atoms with Gasteiger partial charge in [0.25, 0.3) is 0 Å². The van der Waals surface area contributed by atoms with Crippen LogP contribution in [-0.2, 0) is 30.5 Å². The molecule has 0 N–H and O–H groups in total. The van der Waals surface area contributed by atoms with Crippen LogP contribution in [0.1, 0.15) is 54.3 Å². The summed E-state index contributed by atoms with van der Waals surface area (Å²) in [5, 5.41) is 0. The molecule has 3 rings (SSSR count). The van der Waals surface area contributed by atoms with Crippen LogP contribution in [0.25, 0.3) is 11.1 Å². The van der Waals surface area contributed by atoms with Crippen molar-refractivity contribution in [3.63, 3.8) is 0 Å². The van der Waals surface area contributed by atoms with Crippen LogP contribution in [0.5, 0.6) is 5.75 Å². The summed E-state index contributed by atoms with van der Waals surface area (Å²) < 4.78 is 11.4. The van der Waals surface area contributed by atoms with Crippen LogP contribution in [-0.4, -0.2) is 36.1 Å². The molecule has 0 aliphatic rings. The van der Waals surface area contributed by atoms with Crippen molar-refractivity contribution in [1.82, 2.24) is 4.98 Å². The highest BCUT2D eigenvalue weighted by molar-refractivity contribution is 5.91. The zero-order chi connectivity index (χ0) is 30.6. The zero-order valence-electron chi connectivity index (χ0n) is 24.5. The minimum absolute atomic E-state index is 0.250. The van der Waals surface area contributed by atoms with Gasteiger partial charge in [0, 0.05) is 17.3 Å². The van der Waals surface area contributed by atoms with E-state index in [0.717, 1.165) is 50.5 Å². The molecule has 0 spiro atoms. The highest BCUT2D eigenvalue weighted by Crippen LogP contribution is 2.34. The predicted molar refractivity (Wildman–Crippen MR) is 149 cm³/mol. The first-order valence-corrected chi connectivity index (χ1v) is 12.4. The molecule has 0 saturated carbocycles. The third-order valence-electron chi connectivity index (χ3n) is 6.06. The number of hydrogen-bond donors (Lipinski definition) is 0. The average Bonchev–Trinajstić information content (AvgIpc) is 2.86. The molecule has 0 unspecified atom stereocenters. The number of anilines is 1. The molecule has 3 aromatic rings. The Bertz CT molecular complexity index is 1380. The van der Waals surface area contributed by atoms with E-state index in [4.69, 9.17) is 28.7 Å². The lowest BCUT2D eigenvalue weighted by molar-refractivity contribution is -0.193. The van der Waals surface area contributed by atoms with Crippen molar-refractivity contribution in [3.8, 4) is 16.9 Å². The van der Waals surface area contributed by atoms with Gasteiger partial charge in [-0.05, 0) is 89.3 Å². The maximum atomic E-state index is 13.5. The van der Waals surface area contributed by atoms with E-state index >= 15 is 0 Å². The maximum Gasteiger partial charge on any atom is 0.415 e. The molecule has 0 bridgehead atoms. The van der Waals surface area contributed by atoms with Gasteiger partial charge in [-0.1, -0.05) is 30.3 Å². The van der Waals surface area contributed by atoms with Crippen LogP contribution in [0.3, 0.4) is 0 Å². The minimum Gasteiger partial charge on any atom is -0.496 e. The summed E-state index contributed by atoms with van der Waals surface area (Å²) in [5.41, 5.74) is 8.36. The number of amides is 1. The molecule has 0 aliphatic heterocycles. The lowest BCUT2D eigenvalue weighted by Gasteiger charge is -2.30. The number of aryl methyl sites for hydroxylation is 3. The summed E-state index contributed by atoms with van der Waals surface area (Å²) in [4.78, 5) is 52.4. The summed E-state index contributed by atoms with van der Waals surface area (Å²) in [6, 6.07) is 12.5. The lowest BCUT2D eigenvalue weighted by atomic mass is 9.95. The van der Waals surface area contributed by atoms with Gasteiger partial charge < -0.3 is 9.47 Å². The van der Waals surface area contributed by atoms with Gasteiger partial charge in [0.1, 0.15) is 11.4 Å². The molecular formula is C31H36N2O7. The number of hydrogen-bond acceptors (Lipinski definition) is 8. The Kier molecular flexibility index (Phi) is 12.6. The summed E-state index contributed by atoms with van der Waals surface area (Å²) in [7, 11) is 1.66. The van der Waals surface area contributed by atoms with Crippen molar-refractivity contribution in [1.29, 1.82) is 0 Å². The Morgan fingerprint density at radius 2 is 1.45 bits per heavy atom. The van der Waals surface area contributed by atoms with Crippen LogP contribution < -0.4 is 9.64 Å². The summed E-state index contributed by atoms with van der Waals surface area (Å²) >= 11 is 0. The lowest BCUT2D eigenvalue weighted by Crippen LogP contribution is -2.37. The van der Waals surface area contributed by atoms with E-state index in [0.29, 0.717) is 0 Å². The monoisotopic (exact) mass is 548 g/mol. The second-order valence-electron chi connectivity index (χ2n) is 10.0. The molecule has 40 heavy (non-hydrogen) atoms. The Labute approximate surface area is 235 Å². The molecular weight excluding hydrogens is 512 g/mol. The number of methoxy groups -OCH3 is 1. The zero-order valence-corrected chi connectivity index (χ0v) is 24.5. The molecule has 0 saturated heterocycles. The van der Waals surface area contributed by atoms with E-state index in [1.165, 1.54) is 5.56 Å². The van der Waals surface area contributed by atoms with E-state index < -0.39 is 11.7 Å². The van der Waals surface area contributed by atoms with Crippen LogP contribution >= 0.6 is 0 Å². The molecule has 2 aromatic carbocycles. The first-order valence-electron chi connectivity index (χ1n) is 12.4. The summed E-state index contributed by atoms with van der Waals surface area (Å²) in [5.74, 6) is 0.788. The van der Waals surface area contributed by atoms with E-state index in [-0.39, 0.29) is 18.8 Å². The molecule has 0 aliphatic carbocycles. The molecule has 1 aromatic heterocycles. The Balaban J connectivity index is 0.00000122. The van der Waals surface area contributed by atoms with Crippen molar-refractivity contribution < 1.29 is 33.4 Å². The Morgan fingerprint density at radius 1 is 0.875 bits per heavy atom. The van der Waals surface area contributed by atoms with E-state index in [1.54, 1.807) is 18.2 Å². The molecule has 1 heterocycles. The third kappa shape index (κ3) is 9.02. The second-order valence-corrected chi connectivity index (χ2v) is 10.0. The third-order valence-corrected chi connectivity index (χ3v) is 6.06. The molecule has 212 valence electrons. The number of aromatic nitrogens is 1. The standard InChI is InChI=1S/C29H36N2O3.2CO2/c1-18-12-10-11-13-24(18)23-14-19(2)21(4)26(15-23)31(28(32)34-29(6,7)8)17-25-22(5)27(33-9)20(3)16-30-25;2*2-1-3/h10-16H,17H2,1-9H3;;. The smallest absolute Gasteiger partial charge is 0.415 e. The van der Waals surface area contributed by atoms with Gasteiger partial charge >= 0.3 is 18.4 Å². The summed E-state index contributed by atoms with van der Waals surface area (Å²) in [6.45, 7) is 16.1. The fourth-order valence-corrected chi connectivity index (χ4v) is 4.12. The topological polar surface area (TPSA) is 120 Å². The quantitative estimate of drug-likeness (QED) is 0.377. The second kappa shape index (κ2) is 15.1. The SMILES string of the molecule is COc1c(C)cnc(CN(C(=O)OC(C)(C)C)c2cc(-c3ccccc3C)cc(C)c2C)c1C.O=C=O.O=C=O. The molecule has 0 atom stereocenters. The van der Waals surface area contributed by atoms with Gasteiger partial charge in [0.2, 0.25) is 0 Å². The number of rotatable bonds is 5. The molecule has 9 nitrogen and oxygen atoms in total. The van der Waals surface area contributed by atoms with E-state index in [9.17, 15) is 4.79 Å². The maximum absolute atomic E-state index is 13.5. The fourth-order valence-electron chi connectivity index (χ4n) is 4.12. The number of nitrogens with zero attached hydrogens (tertiary/aromatic N) is 2. The van der Waals surface area contributed by atoms with Gasteiger partial charge in [-0.2, -0.15) is 19.2 Å². The highest BCUT2D eigenvalue weighted by atomic mass is 16.6. The average molecular weight is 549 g/mol. The Hall–Kier alpha value is -4.58. The number of pyridine rings is 1. The molecule has 1 amide bonds. The van der Waals surface area contributed by atoms with Crippen LogP contribution in [0.4, 0.5) is 10.5 Å². The van der Waals surface area contributed by atoms with Gasteiger partial charge in [-0.3, -0.25) is 9.88 Å². The molecule has 9 heteroatoms. The Morgan fingerprint density at radius 3 is 1.98 bits per heavy atom. The predicted octanol–water partition coefficient (Wildman–Crippen LogP) is 6.07. The first-order chi connectivity index (χ1) is 18.8. The van der Waals surface area contributed by atoms with Crippen LogP contribution in [0.2, 0.25) is 0 Å². The largest absolute Gasteiger partial charge is 0.496 e.